The molecule has 2 heterocycles. The molecule has 21 heavy (non-hydrogen) atoms. The lowest BCUT2D eigenvalue weighted by Gasteiger charge is -2.18. The molecule has 1 N–H and O–H groups in total. The second-order valence-corrected chi connectivity index (χ2v) is 6.66. The lowest BCUT2D eigenvalue weighted by atomic mass is 10.1. The van der Waals surface area contributed by atoms with E-state index in [1.807, 2.05) is 40.4 Å². The molecule has 0 aliphatic carbocycles. The Morgan fingerprint density at radius 2 is 2.00 bits per heavy atom. The van der Waals surface area contributed by atoms with Crippen LogP contribution in [0, 0.1) is 13.8 Å². The number of thiophene rings is 1. The van der Waals surface area contributed by atoms with Crippen LogP contribution in [0.3, 0.4) is 0 Å². The predicted octanol–water partition coefficient (Wildman–Crippen LogP) is 4.72. The van der Waals surface area contributed by atoms with Crippen LogP contribution < -0.4 is 5.32 Å². The molecule has 0 aliphatic rings. The van der Waals surface area contributed by atoms with E-state index < -0.39 is 0 Å². The van der Waals surface area contributed by atoms with Crippen molar-refractivity contribution in [1.29, 1.82) is 0 Å². The highest BCUT2D eigenvalue weighted by atomic mass is 32.1. The fourth-order valence-electron chi connectivity index (χ4n) is 2.60. The molecule has 1 unspecified atom stereocenters. The van der Waals surface area contributed by atoms with Gasteiger partial charge in [0.2, 0.25) is 0 Å². The number of nitrogens with zero attached hydrogens (tertiary/aromatic N) is 2. The third-order valence-electron chi connectivity index (χ3n) is 3.57. The van der Waals surface area contributed by atoms with Crippen LogP contribution in [0.25, 0.3) is 5.69 Å². The van der Waals surface area contributed by atoms with Crippen LogP contribution in [0.15, 0.2) is 48.8 Å². The number of rotatable bonds is 4. The smallest absolute Gasteiger partial charge is 0.0876 e. The Labute approximate surface area is 129 Å². The molecule has 0 saturated carbocycles. The van der Waals surface area contributed by atoms with Crippen molar-refractivity contribution in [2.45, 2.75) is 26.8 Å². The number of aryl methyl sites for hydroxylation is 2. The summed E-state index contributed by atoms with van der Waals surface area (Å²) in [6, 6.07) is 12.7. The Bertz CT molecular complexity index is 728. The molecule has 108 valence electrons. The minimum atomic E-state index is 0.270. The quantitative estimate of drug-likeness (QED) is 0.755. The predicted molar refractivity (Wildman–Crippen MR) is 89.4 cm³/mol. The third-order valence-corrected chi connectivity index (χ3v) is 4.55. The summed E-state index contributed by atoms with van der Waals surface area (Å²) in [5.74, 6) is 0. The van der Waals surface area contributed by atoms with Gasteiger partial charge in [0.1, 0.15) is 0 Å². The van der Waals surface area contributed by atoms with Crippen LogP contribution in [0.1, 0.15) is 28.3 Å². The van der Waals surface area contributed by atoms with Gasteiger partial charge in [-0.2, -0.15) is 5.10 Å². The van der Waals surface area contributed by atoms with Gasteiger partial charge in [0.15, 0.2) is 0 Å². The fourth-order valence-corrected chi connectivity index (χ4v) is 3.62. The summed E-state index contributed by atoms with van der Waals surface area (Å²) < 4.78 is 1.89. The van der Waals surface area contributed by atoms with Crippen molar-refractivity contribution in [2.75, 3.05) is 5.32 Å². The molecule has 0 radical (unpaired) electrons. The van der Waals surface area contributed by atoms with Gasteiger partial charge in [-0.05, 0) is 50.6 Å². The van der Waals surface area contributed by atoms with Crippen molar-refractivity contribution in [2.24, 2.45) is 0 Å². The third kappa shape index (κ3) is 2.85. The number of hydrogen-bond donors (Lipinski definition) is 1. The van der Waals surface area contributed by atoms with Gasteiger partial charge in [0.25, 0.3) is 0 Å². The zero-order chi connectivity index (χ0) is 14.8. The number of aromatic nitrogens is 2. The maximum atomic E-state index is 4.33. The number of para-hydroxylation sites is 2. The topological polar surface area (TPSA) is 29.9 Å². The Morgan fingerprint density at radius 1 is 1.19 bits per heavy atom. The molecule has 3 nitrogen and oxygen atoms in total. The Kier molecular flexibility index (Phi) is 3.80. The van der Waals surface area contributed by atoms with Crippen LogP contribution in [0.4, 0.5) is 5.69 Å². The van der Waals surface area contributed by atoms with Crippen molar-refractivity contribution >= 4 is 17.0 Å². The fraction of sp³-hybridized carbons (Fsp3) is 0.235. The monoisotopic (exact) mass is 297 g/mol. The maximum absolute atomic E-state index is 4.33. The second kappa shape index (κ2) is 5.74. The Morgan fingerprint density at radius 3 is 2.67 bits per heavy atom. The highest BCUT2D eigenvalue weighted by Gasteiger charge is 2.13. The first kappa shape index (κ1) is 13.9. The summed E-state index contributed by atoms with van der Waals surface area (Å²) in [4.78, 5) is 2.74. The normalized spacial score (nSPS) is 12.3. The van der Waals surface area contributed by atoms with Crippen LogP contribution in [-0.4, -0.2) is 9.78 Å². The molecule has 0 bridgehead atoms. The molecule has 0 aliphatic heterocycles. The molecule has 1 atom stereocenters. The molecular weight excluding hydrogens is 278 g/mol. The molecule has 4 heteroatoms. The average molecular weight is 297 g/mol. The molecule has 0 amide bonds. The van der Waals surface area contributed by atoms with Crippen molar-refractivity contribution in [1.82, 2.24) is 9.78 Å². The van der Waals surface area contributed by atoms with E-state index >= 15 is 0 Å². The van der Waals surface area contributed by atoms with E-state index in [0.29, 0.717) is 0 Å². The van der Waals surface area contributed by atoms with E-state index in [0.717, 1.165) is 11.4 Å². The minimum absolute atomic E-state index is 0.270. The van der Waals surface area contributed by atoms with Crippen molar-refractivity contribution in [3.05, 3.63) is 64.1 Å². The van der Waals surface area contributed by atoms with Crippen molar-refractivity contribution in [3.63, 3.8) is 0 Å². The second-order valence-electron chi connectivity index (χ2n) is 5.20. The first-order chi connectivity index (χ1) is 10.1. The van der Waals surface area contributed by atoms with E-state index in [-0.39, 0.29) is 6.04 Å². The summed E-state index contributed by atoms with van der Waals surface area (Å²) in [5, 5.41) is 7.94. The van der Waals surface area contributed by atoms with Gasteiger partial charge >= 0.3 is 0 Å². The summed E-state index contributed by atoms with van der Waals surface area (Å²) in [5.41, 5.74) is 3.53. The molecule has 0 saturated heterocycles. The van der Waals surface area contributed by atoms with Crippen molar-refractivity contribution in [3.8, 4) is 5.69 Å². The Balaban J connectivity index is 1.90. The van der Waals surface area contributed by atoms with Gasteiger partial charge in [0, 0.05) is 28.2 Å². The lowest BCUT2D eigenvalue weighted by molar-refractivity contribution is 0.852. The number of hydrogen-bond acceptors (Lipinski definition) is 3. The van der Waals surface area contributed by atoms with Crippen LogP contribution in [-0.2, 0) is 0 Å². The number of nitrogens with one attached hydrogen (secondary N) is 1. The number of benzene rings is 1. The molecule has 3 aromatic rings. The summed E-state index contributed by atoms with van der Waals surface area (Å²) in [6.07, 6.45) is 3.76. The summed E-state index contributed by atoms with van der Waals surface area (Å²) in [6.45, 7) is 6.55. The maximum Gasteiger partial charge on any atom is 0.0876 e. The highest BCUT2D eigenvalue weighted by molar-refractivity contribution is 7.12. The average Bonchev–Trinajstić information content (AvgIpc) is 3.09. The van der Waals surface area contributed by atoms with Crippen molar-refractivity contribution < 1.29 is 0 Å². The highest BCUT2D eigenvalue weighted by Crippen LogP contribution is 2.30. The van der Waals surface area contributed by atoms with Gasteiger partial charge in [0.05, 0.1) is 11.4 Å². The first-order valence-corrected chi connectivity index (χ1v) is 7.89. The standard InChI is InChI=1S/C17H19N3S/c1-12-11-15(14(3)21-12)13(2)19-16-7-4-5-8-17(16)20-10-6-9-18-20/h4-11,13,19H,1-3H3. The molecule has 3 rings (SSSR count). The van der Waals surface area contributed by atoms with E-state index in [1.54, 1.807) is 6.20 Å². The Hall–Kier alpha value is -2.07. The number of anilines is 1. The summed E-state index contributed by atoms with van der Waals surface area (Å²) in [7, 11) is 0. The molecule has 0 fully saturated rings. The van der Waals surface area contributed by atoms with Gasteiger partial charge in [-0.15, -0.1) is 11.3 Å². The molecule has 2 aromatic heterocycles. The largest absolute Gasteiger partial charge is 0.377 e. The first-order valence-electron chi connectivity index (χ1n) is 7.07. The molecular formula is C17H19N3S. The summed E-state index contributed by atoms with van der Waals surface area (Å²) >= 11 is 1.85. The van der Waals surface area contributed by atoms with Crippen LogP contribution >= 0.6 is 11.3 Å². The minimum Gasteiger partial charge on any atom is -0.377 e. The lowest BCUT2D eigenvalue weighted by Crippen LogP contribution is -2.09. The van der Waals surface area contributed by atoms with E-state index in [1.165, 1.54) is 15.3 Å². The van der Waals surface area contributed by atoms with E-state index in [2.05, 4.69) is 49.4 Å². The zero-order valence-electron chi connectivity index (χ0n) is 12.5. The zero-order valence-corrected chi connectivity index (χ0v) is 13.3. The van der Waals surface area contributed by atoms with Gasteiger partial charge < -0.3 is 5.32 Å². The molecule has 0 spiro atoms. The van der Waals surface area contributed by atoms with E-state index in [4.69, 9.17) is 0 Å². The van der Waals surface area contributed by atoms with Crippen LogP contribution in [0.2, 0.25) is 0 Å². The molecule has 1 aromatic carbocycles. The SMILES string of the molecule is Cc1cc(C(C)Nc2ccccc2-n2cccn2)c(C)s1. The van der Waals surface area contributed by atoms with Gasteiger partial charge in [-0.3, -0.25) is 0 Å². The van der Waals surface area contributed by atoms with E-state index in [9.17, 15) is 0 Å². The van der Waals surface area contributed by atoms with Gasteiger partial charge in [-0.25, -0.2) is 4.68 Å². The van der Waals surface area contributed by atoms with Gasteiger partial charge in [-0.1, -0.05) is 12.1 Å². The van der Waals surface area contributed by atoms with Crippen LogP contribution in [0.5, 0.6) is 0 Å².